The predicted octanol–water partition coefficient (Wildman–Crippen LogP) is 6.99. The van der Waals surface area contributed by atoms with Gasteiger partial charge < -0.3 is 10.4 Å². The van der Waals surface area contributed by atoms with Crippen LogP contribution in [0.5, 0.6) is 0 Å². The van der Waals surface area contributed by atoms with Gasteiger partial charge in [0.25, 0.3) is 0 Å². The van der Waals surface area contributed by atoms with Gasteiger partial charge in [-0.05, 0) is 56.1 Å². The Hall–Kier alpha value is -3.24. The minimum Gasteiger partial charge on any atom is -0.387 e. The number of aryl methyl sites for hydroxylation is 1. The lowest BCUT2D eigenvalue weighted by Crippen LogP contribution is -2.39. The Labute approximate surface area is 209 Å². The zero-order valence-electron chi connectivity index (χ0n) is 19.9. The van der Waals surface area contributed by atoms with Gasteiger partial charge in [-0.1, -0.05) is 42.8 Å². The van der Waals surface area contributed by atoms with Gasteiger partial charge in [0.05, 0.1) is 22.7 Å². The minimum absolute atomic E-state index is 0.132. The second kappa shape index (κ2) is 10.6. The van der Waals surface area contributed by atoms with E-state index in [0.29, 0.717) is 25.1 Å². The molecule has 0 bridgehead atoms. The quantitative estimate of drug-likeness (QED) is 0.279. The third-order valence-corrected chi connectivity index (χ3v) is 6.25. The molecule has 37 heavy (non-hydrogen) atoms. The maximum absolute atomic E-state index is 13.2. The Bertz CT molecular complexity index is 1380. The van der Waals surface area contributed by atoms with Crippen LogP contribution in [-0.4, -0.2) is 27.7 Å². The molecule has 2 unspecified atom stereocenters. The highest BCUT2D eigenvalue weighted by atomic mass is 19.4. The van der Waals surface area contributed by atoms with Crippen LogP contribution in [0.15, 0.2) is 60.7 Å². The number of para-hydroxylation sites is 2. The number of piperidine rings is 1. The molecule has 2 N–H and O–H groups in total. The van der Waals surface area contributed by atoms with Gasteiger partial charge in [-0.2, -0.15) is 26.3 Å². The number of aliphatic hydroxyl groups excluding tert-OH is 1. The van der Waals surface area contributed by atoms with Gasteiger partial charge in [0, 0.05) is 22.5 Å². The van der Waals surface area contributed by atoms with Gasteiger partial charge in [0.2, 0.25) is 0 Å². The van der Waals surface area contributed by atoms with Gasteiger partial charge in [-0.15, -0.1) is 0 Å². The highest BCUT2D eigenvalue weighted by Gasteiger charge is 2.38. The van der Waals surface area contributed by atoms with Crippen LogP contribution in [0.3, 0.4) is 0 Å². The normalized spacial score (nSPS) is 17.4. The number of nitrogens with one attached hydrogen (secondary N) is 1. The molecular weight excluding hydrogens is 496 g/mol. The second-order valence-corrected chi connectivity index (χ2v) is 8.94. The van der Waals surface area contributed by atoms with E-state index in [1.165, 1.54) is 11.5 Å². The average molecular weight is 522 g/mol. The van der Waals surface area contributed by atoms with Crippen LogP contribution < -0.4 is 5.32 Å². The predicted molar refractivity (Wildman–Crippen MR) is 129 cm³/mol. The SMILES string of the molecule is Cc1ccc2ccccc2n1.OC(c1cc(C(F)(F)F)nc2c(C(F)(F)F)cccc12)C1CCCCN1. The van der Waals surface area contributed by atoms with E-state index >= 15 is 0 Å². The number of aliphatic hydroxyl groups is 1. The molecule has 1 aliphatic rings. The summed E-state index contributed by atoms with van der Waals surface area (Å²) >= 11 is 0. The molecule has 0 saturated carbocycles. The summed E-state index contributed by atoms with van der Waals surface area (Å²) in [6.45, 7) is 2.59. The van der Waals surface area contributed by atoms with Crippen LogP contribution in [0.2, 0.25) is 0 Å². The highest BCUT2D eigenvalue weighted by molar-refractivity contribution is 5.86. The topological polar surface area (TPSA) is 58.0 Å². The zero-order valence-corrected chi connectivity index (χ0v) is 19.9. The molecule has 0 radical (unpaired) electrons. The van der Waals surface area contributed by atoms with Gasteiger partial charge >= 0.3 is 12.4 Å². The third kappa shape index (κ3) is 6.19. The summed E-state index contributed by atoms with van der Waals surface area (Å²) < 4.78 is 79.3. The van der Waals surface area contributed by atoms with Crippen LogP contribution in [-0.2, 0) is 12.4 Å². The van der Waals surface area contributed by atoms with Crippen molar-refractivity contribution in [2.45, 2.75) is 50.7 Å². The molecule has 196 valence electrons. The molecule has 10 heteroatoms. The molecule has 4 nitrogen and oxygen atoms in total. The van der Waals surface area contributed by atoms with Gasteiger partial charge in [0.1, 0.15) is 5.69 Å². The molecule has 2 atom stereocenters. The van der Waals surface area contributed by atoms with Crippen molar-refractivity contribution < 1.29 is 31.4 Å². The van der Waals surface area contributed by atoms with Crippen LogP contribution in [0.4, 0.5) is 26.3 Å². The molecule has 2 aromatic heterocycles. The number of pyridine rings is 2. The monoisotopic (exact) mass is 521 g/mol. The molecule has 2 aromatic carbocycles. The van der Waals surface area contributed by atoms with Gasteiger partial charge in [0.15, 0.2) is 0 Å². The molecule has 1 aliphatic heterocycles. The fraction of sp³-hybridized carbons (Fsp3) is 0.333. The number of nitrogens with zero attached hydrogens (tertiary/aromatic N) is 2. The number of alkyl halides is 6. The number of aromatic nitrogens is 2. The molecule has 0 aliphatic carbocycles. The highest BCUT2D eigenvalue weighted by Crippen LogP contribution is 2.39. The number of rotatable bonds is 2. The number of hydrogen-bond donors (Lipinski definition) is 2. The fourth-order valence-corrected chi connectivity index (χ4v) is 4.43. The van der Waals surface area contributed by atoms with Crippen molar-refractivity contribution in [1.29, 1.82) is 0 Å². The number of hydrogen-bond acceptors (Lipinski definition) is 4. The zero-order chi connectivity index (χ0) is 26.8. The standard InChI is InChI=1S/C17H16F6N2O.C10H9N/c18-16(19,20)11-5-3-4-9-10(15(26)12-6-1-2-7-24-12)8-13(17(21,22)23)25-14(9)11;1-8-6-7-9-4-2-3-5-10(9)11-8/h3-5,8,12,15,24,26H,1-2,6-7H2;2-7H,1H3. The number of benzene rings is 2. The van der Waals surface area contributed by atoms with Crippen molar-refractivity contribution in [2.24, 2.45) is 0 Å². The van der Waals surface area contributed by atoms with Crippen LogP contribution in [0, 0.1) is 6.92 Å². The average Bonchev–Trinajstić information content (AvgIpc) is 2.87. The number of fused-ring (bicyclic) bond motifs is 2. The Kier molecular flexibility index (Phi) is 7.70. The van der Waals surface area contributed by atoms with Crippen molar-refractivity contribution >= 4 is 21.8 Å². The van der Waals surface area contributed by atoms with E-state index in [9.17, 15) is 31.4 Å². The van der Waals surface area contributed by atoms with Crippen molar-refractivity contribution in [3.05, 3.63) is 83.2 Å². The molecule has 5 rings (SSSR count). The summed E-state index contributed by atoms with van der Waals surface area (Å²) in [5.41, 5.74) is -1.57. The van der Waals surface area contributed by atoms with Crippen LogP contribution >= 0.6 is 0 Å². The summed E-state index contributed by atoms with van der Waals surface area (Å²) in [6.07, 6.45) is -9.00. The summed E-state index contributed by atoms with van der Waals surface area (Å²) in [6, 6.07) is 15.4. The molecule has 0 spiro atoms. The lowest BCUT2D eigenvalue weighted by molar-refractivity contribution is -0.142. The Morgan fingerprint density at radius 3 is 2.32 bits per heavy atom. The first kappa shape index (κ1) is 26.8. The maximum Gasteiger partial charge on any atom is 0.433 e. The van der Waals surface area contributed by atoms with Crippen molar-refractivity contribution in [1.82, 2.24) is 15.3 Å². The van der Waals surface area contributed by atoms with E-state index in [2.05, 4.69) is 27.4 Å². The molecule has 1 fully saturated rings. The minimum atomic E-state index is -4.93. The Morgan fingerprint density at radius 1 is 0.892 bits per heavy atom. The Morgan fingerprint density at radius 2 is 1.65 bits per heavy atom. The number of halogens is 6. The first-order valence-electron chi connectivity index (χ1n) is 11.8. The lowest BCUT2D eigenvalue weighted by Gasteiger charge is -2.29. The van der Waals surface area contributed by atoms with Crippen molar-refractivity contribution in [3.8, 4) is 0 Å². The van der Waals surface area contributed by atoms with Gasteiger partial charge in [-0.3, -0.25) is 4.98 Å². The van der Waals surface area contributed by atoms with E-state index in [4.69, 9.17) is 0 Å². The molecule has 0 amide bonds. The molecular formula is C27H25F6N3O. The third-order valence-electron chi connectivity index (χ3n) is 6.25. The molecule has 4 aromatic rings. The Balaban J connectivity index is 0.000000241. The largest absolute Gasteiger partial charge is 0.433 e. The summed E-state index contributed by atoms with van der Waals surface area (Å²) in [5, 5.41) is 14.7. The maximum atomic E-state index is 13.2. The smallest absolute Gasteiger partial charge is 0.387 e. The van der Waals surface area contributed by atoms with E-state index in [1.807, 2.05) is 31.2 Å². The lowest BCUT2D eigenvalue weighted by atomic mass is 9.91. The summed E-state index contributed by atoms with van der Waals surface area (Å²) in [7, 11) is 0. The second-order valence-electron chi connectivity index (χ2n) is 8.94. The van der Waals surface area contributed by atoms with E-state index < -0.39 is 41.3 Å². The summed E-state index contributed by atoms with van der Waals surface area (Å²) in [5.74, 6) is 0. The van der Waals surface area contributed by atoms with E-state index in [0.717, 1.165) is 30.1 Å². The molecule has 3 heterocycles. The fourth-order valence-electron chi connectivity index (χ4n) is 4.43. The first-order valence-corrected chi connectivity index (χ1v) is 11.8. The van der Waals surface area contributed by atoms with Gasteiger partial charge in [-0.25, -0.2) is 4.98 Å². The summed E-state index contributed by atoms with van der Waals surface area (Å²) in [4.78, 5) is 7.60. The van der Waals surface area contributed by atoms with Crippen LogP contribution in [0.25, 0.3) is 21.8 Å². The van der Waals surface area contributed by atoms with Crippen molar-refractivity contribution in [3.63, 3.8) is 0 Å². The van der Waals surface area contributed by atoms with E-state index in [1.54, 1.807) is 0 Å². The van der Waals surface area contributed by atoms with Crippen LogP contribution in [0.1, 0.15) is 47.9 Å². The first-order chi connectivity index (χ1) is 17.4. The van der Waals surface area contributed by atoms with E-state index in [-0.39, 0.29) is 10.9 Å². The van der Waals surface area contributed by atoms with Crippen molar-refractivity contribution in [2.75, 3.05) is 6.54 Å². The molecule has 1 saturated heterocycles.